The van der Waals surface area contributed by atoms with Gasteiger partial charge in [0.2, 0.25) is 5.09 Å². The van der Waals surface area contributed by atoms with Gasteiger partial charge in [0.15, 0.2) is 0 Å². The second kappa shape index (κ2) is 6.07. The molecule has 0 unspecified atom stereocenters. The van der Waals surface area contributed by atoms with Crippen LogP contribution in [0.4, 0.5) is 0 Å². The highest BCUT2D eigenvalue weighted by Crippen LogP contribution is 2.27. The second-order valence-electron chi connectivity index (χ2n) is 5.13. The summed E-state index contributed by atoms with van der Waals surface area (Å²) >= 11 is 0. The number of hydrogen-bond donors (Lipinski definition) is 2. The van der Waals surface area contributed by atoms with Crippen molar-refractivity contribution in [3.05, 3.63) is 17.9 Å². The van der Waals surface area contributed by atoms with E-state index in [9.17, 15) is 8.42 Å². The molecule has 0 aromatic carbocycles. The molecule has 0 aliphatic heterocycles. The average Bonchev–Trinajstić information content (AvgIpc) is 2.89. The van der Waals surface area contributed by atoms with Crippen LogP contribution in [0.15, 0.2) is 21.6 Å². The molecule has 0 saturated heterocycles. The van der Waals surface area contributed by atoms with Crippen LogP contribution in [-0.4, -0.2) is 19.6 Å². The molecule has 1 fully saturated rings. The van der Waals surface area contributed by atoms with Gasteiger partial charge in [-0.2, -0.15) is 0 Å². The van der Waals surface area contributed by atoms with Gasteiger partial charge >= 0.3 is 0 Å². The molecule has 108 valence electrons. The van der Waals surface area contributed by atoms with E-state index in [1.54, 1.807) is 0 Å². The highest BCUT2D eigenvalue weighted by molar-refractivity contribution is 7.89. The molecule has 2 rings (SSSR count). The van der Waals surface area contributed by atoms with Gasteiger partial charge in [0.1, 0.15) is 12.4 Å². The van der Waals surface area contributed by atoms with Crippen LogP contribution in [-0.2, 0) is 16.6 Å². The molecule has 19 heavy (non-hydrogen) atoms. The Labute approximate surface area is 114 Å². The highest BCUT2D eigenvalue weighted by Gasteiger charge is 2.26. The summed E-state index contributed by atoms with van der Waals surface area (Å²) in [6, 6.07) is 2.85. The van der Waals surface area contributed by atoms with E-state index in [0.29, 0.717) is 0 Å². The zero-order valence-electron chi connectivity index (χ0n) is 11.1. The number of rotatable bonds is 5. The molecule has 1 aliphatic carbocycles. The molecule has 5 nitrogen and oxygen atoms in total. The summed E-state index contributed by atoms with van der Waals surface area (Å²) in [6.45, 7) is 1.88. The van der Waals surface area contributed by atoms with Crippen molar-refractivity contribution in [1.82, 2.24) is 4.72 Å². The van der Waals surface area contributed by atoms with Crippen LogP contribution >= 0.6 is 0 Å². The molecule has 0 amide bonds. The topological polar surface area (TPSA) is 79.5 Å². The standard InChI is InChI=1S/C13H21NO4S/c1-2-10-3-5-11(6-4-10)14-19(16,17)13-8-7-12(9-15)18-13/h7-8,10-11,14-15H,2-6,9H2,1H3. The fourth-order valence-corrected chi connectivity index (χ4v) is 3.81. The lowest BCUT2D eigenvalue weighted by Gasteiger charge is -2.27. The van der Waals surface area contributed by atoms with Crippen molar-refractivity contribution < 1.29 is 17.9 Å². The third kappa shape index (κ3) is 3.58. The van der Waals surface area contributed by atoms with Gasteiger partial charge in [-0.05, 0) is 43.7 Å². The summed E-state index contributed by atoms with van der Waals surface area (Å²) in [5.74, 6) is 0.987. The summed E-state index contributed by atoms with van der Waals surface area (Å²) in [5, 5.41) is 8.77. The number of furan rings is 1. The van der Waals surface area contributed by atoms with Crippen LogP contribution in [0.1, 0.15) is 44.8 Å². The molecule has 6 heteroatoms. The molecule has 1 saturated carbocycles. The summed E-state index contributed by atoms with van der Waals surface area (Å²) in [7, 11) is -3.60. The Hall–Kier alpha value is -0.850. The second-order valence-corrected chi connectivity index (χ2v) is 6.77. The Morgan fingerprint density at radius 3 is 2.53 bits per heavy atom. The van der Waals surface area contributed by atoms with Crippen molar-refractivity contribution in [3.8, 4) is 0 Å². The van der Waals surface area contributed by atoms with Crippen LogP contribution in [0.5, 0.6) is 0 Å². The maximum absolute atomic E-state index is 12.1. The van der Waals surface area contributed by atoms with Gasteiger partial charge < -0.3 is 9.52 Å². The van der Waals surface area contributed by atoms with Crippen LogP contribution < -0.4 is 4.72 Å². The lowest BCUT2D eigenvalue weighted by Crippen LogP contribution is -2.37. The fourth-order valence-electron chi connectivity index (χ4n) is 2.55. The minimum Gasteiger partial charge on any atom is -0.446 e. The van der Waals surface area contributed by atoms with E-state index in [-0.39, 0.29) is 23.5 Å². The molecule has 2 N–H and O–H groups in total. The normalized spacial score (nSPS) is 24.5. The molecule has 0 bridgehead atoms. The summed E-state index contributed by atoms with van der Waals surface area (Å²) < 4.78 is 32.0. The van der Waals surface area contributed by atoms with E-state index in [0.717, 1.165) is 38.0 Å². The van der Waals surface area contributed by atoms with E-state index in [4.69, 9.17) is 9.52 Å². The smallest absolute Gasteiger partial charge is 0.274 e. The molecule has 0 spiro atoms. The SMILES string of the molecule is CCC1CCC(NS(=O)(=O)c2ccc(CO)o2)CC1. The lowest BCUT2D eigenvalue weighted by atomic mass is 9.85. The number of hydrogen-bond acceptors (Lipinski definition) is 4. The maximum atomic E-state index is 12.1. The molecule has 1 heterocycles. The Morgan fingerprint density at radius 1 is 1.32 bits per heavy atom. The van der Waals surface area contributed by atoms with Gasteiger partial charge in [-0.1, -0.05) is 13.3 Å². The first-order valence-electron chi connectivity index (χ1n) is 6.77. The number of sulfonamides is 1. The van der Waals surface area contributed by atoms with Crippen molar-refractivity contribution >= 4 is 10.0 Å². The van der Waals surface area contributed by atoms with E-state index < -0.39 is 10.0 Å². The third-order valence-electron chi connectivity index (χ3n) is 3.80. The van der Waals surface area contributed by atoms with Gasteiger partial charge in [-0.3, -0.25) is 0 Å². The molecule has 0 radical (unpaired) electrons. The summed E-state index contributed by atoms with van der Waals surface area (Å²) in [5.41, 5.74) is 0. The fraction of sp³-hybridized carbons (Fsp3) is 0.692. The predicted octanol–water partition coefficient (Wildman–Crippen LogP) is 2.02. The van der Waals surface area contributed by atoms with Crippen molar-refractivity contribution in [3.63, 3.8) is 0 Å². The first-order chi connectivity index (χ1) is 9.05. The number of aliphatic hydroxyl groups excluding tert-OH is 1. The van der Waals surface area contributed by atoms with Crippen molar-refractivity contribution in [2.24, 2.45) is 5.92 Å². The zero-order valence-corrected chi connectivity index (χ0v) is 11.9. The minimum absolute atomic E-state index is 0.00419. The molecule has 1 aliphatic rings. The van der Waals surface area contributed by atoms with E-state index in [1.807, 2.05) is 0 Å². The lowest BCUT2D eigenvalue weighted by molar-refractivity contribution is 0.236. The van der Waals surface area contributed by atoms with E-state index in [2.05, 4.69) is 11.6 Å². The minimum atomic E-state index is -3.60. The summed E-state index contributed by atoms with van der Waals surface area (Å²) in [4.78, 5) is 0. The Balaban J connectivity index is 1.98. The Bertz CT molecular complexity index is 500. The van der Waals surface area contributed by atoms with E-state index >= 15 is 0 Å². The van der Waals surface area contributed by atoms with Crippen LogP contribution in [0.2, 0.25) is 0 Å². The highest BCUT2D eigenvalue weighted by atomic mass is 32.2. The first-order valence-corrected chi connectivity index (χ1v) is 8.25. The zero-order chi connectivity index (χ0) is 13.9. The van der Waals surface area contributed by atoms with Crippen LogP contribution in [0.25, 0.3) is 0 Å². The van der Waals surface area contributed by atoms with Crippen LogP contribution in [0.3, 0.4) is 0 Å². The van der Waals surface area contributed by atoms with Gasteiger partial charge in [-0.15, -0.1) is 0 Å². The van der Waals surface area contributed by atoms with Gasteiger partial charge in [0.25, 0.3) is 10.0 Å². The largest absolute Gasteiger partial charge is 0.446 e. The van der Waals surface area contributed by atoms with E-state index in [1.165, 1.54) is 12.1 Å². The predicted molar refractivity (Wildman–Crippen MR) is 71.0 cm³/mol. The van der Waals surface area contributed by atoms with Crippen molar-refractivity contribution in [1.29, 1.82) is 0 Å². The quantitative estimate of drug-likeness (QED) is 0.868. The number of aliphatic hydroxyl groups is 1. The Morgan fingerprint density at radius 2 is 2.00 bits per heavy atom. The van der Waals surface area contributed by atoms with Crippen LogP contribution in [0, 0.1) is 5.92 Å². The first kappa shape index (κ1) is 14.6. The van der Waals surface area contributed by atoms with Crippen molar-refractivity contribution in [2.75, 3.05) is 0 Å². The number of nitrogens with one attached hydrogen (secondary N) is 1. The average molecular weight is 287 g/mol. The monoisotopic (exact) mass is 287 g/mol. The molecule has 1 aromatic heterocycles. The third-order valence-corrected chi connectivity index (χ3v) is 5.20. The van der Waals surface area contributed by atoms with Crippen molar-refractivity contribution in [2.45, 2.75) is 56.8 Å². The Kier molecular flexibility index (Phi) is 4.65. The molecule has 0 atom stereocenters. The molecule has 1 aromatic rings. The summed E-state index contributed by atoms with van der Waals surface area (Å²) in [6.07, 6.45) is 5.07. The molecular weight excluding hydrogens is 266 g/mol. The van der Waals surface area contributed by atoms with Gasteiger partial charge in [-0.25, -0.2) is 13.1 Å². The molecular formula is C13H21NO4S. The van der Waals surface area contributed by atoms with Gasteiger partial charge in [0.05, 0.1) is 0 Å². The maximum Gasteiger partial charge on any atom is 0.274 e. The van der Waals surface area contributed by atoms with Gasteiger partial charge in [0, 0.05) is 6.04 Å².